The van der Waals surface area contributed by atoms with Gasteiger partial charge in [0.05, 0.1) is 0 Å². The predicted octanol–water partition coefficient (Wildman–Crippen LogP) is 0.430. The van der Waals surface area contributed by atoms with E-state index in [9.17, 15) is 9.59 Å². The Labute approximate surface area is 99.9 Å². The third kappa shape index (κ3) is 3.71. The van der Waals surface area contributed by atoms with Crippen molar-refractivity contribution in [2.24, 2.45) is 5.92 Å². The van der Waals surface area contributed by atoms with Gasteiger partial charge in [0.1, 0.15) is 0 Å². The minimum atomic E-state index is -0.299. The molecule has 1 rings (SSSR count). The zero-order valence-corrected chi connectivity index (χ0v) is 10.3. The molecule has 5 nitrogen and oxygen atoms in total. The first-order chi connectivity index (χ1) is 7.93. The molecular formula is C12H18N2O3. The molecule has 0 fully saturated rings. The lowest BCUT2D eigenvalue weighted by Gasteiger charge is -2.19. The molecule has 0 aliphatic carbocycles. The van der Waals surface area contributed by atoms with E-state index < -0.39 is 0 Å². The maximum Gasteiger partial charge on any atom is 0.251 e. The molecule has 1 heterocycles. The van der Waals surface area contributed by atoms with Crippen LogP contribution < -0.4 is 10.9 Å². The Morgan fingerprint density at radius 3 is 2.65 bits per heavy atom. The smallest absolute Gasteiger partial charge is 0.251 e. The molecule has 1 aromatic heterocycles. The summed E-state index contributed by atoms with van der Waals surface area (Å²) in [6.45, 7) is 5.39. The molecule has 0 spiro atoms. The molecule has 94 valence electrons. The summed E-state index contributed by atoms with van der Waals surface area (Å²) in [7, 11) is 0. The summed E-state index contributed by atoms with van der Waals surface area (Å²) in [5.41, 5.74) is 0.687. The van der Waals surface area contributed by atoms with E-state index in [0.29, 0.717) is 11.3 Å². The van der Waals surface area contributed by atoms with Gasteiger partial charge in [-0.1, -0.05) is 6.92 Å². The molecule has 0 aromatic carbocycles. The first kappa shape index (κ1) is 13.4. The van der Waals surface area contributed by atoms with Crippen molar-refractivity contribution in [3.05, 3.63) is 33.7 Å². The second kappa shape index (κ2) is 5.63. The molecule has 1 amide bonds. The number of aliphatic hydroxyl groups is 1. The highest BCUT2D eigenvalue weighted by Crippen LogP contribution is 2.03. The fraction of sp³-hybridized carbons (Fsp3) is 0.500. The lowest BCUT2D eigenvalue weighted by atomic mass is 10.0. The average molecular weight is 238 g/mol. The number of rotatable bonds is 4. The number of aliphatic hydroxyl groups excluding tert-OH is 1. The number of aromatic amines is 1. The third-order valence-corrected chi connectivity index (χ3v) is 2.74. The highest BCUT2D eigenvalue weighted by Gasteiger charge is 2.15. The number of pyridine rings is 1. The van der Waals surface area contributed by atoms with E-state index in [2.05, 4.69) is 10.3 Å². The van der Waals surface area contributed by atoms with Crippen LogP contribution in [0.15, 0.2) is 16.9 Å². The van der Waals surface area contributed by atoms with Crippen LogP contribution in [0.3, 0.4) is 0 Å². The number of carbonyl (C=O) groups is 1. The SMILES string of the molecule is Cc1cc(C(=O)NC(C)C(C)CO)cc(=O)[nH]1. The molecule has 0 saturated carbocycles. The van der Waals surface area contributed by atoms with Gasteiger partial charge >= 0.3 is 0 Å². The minimum Gasteiger partial charge on any atom is -0.396 e. The summed E-state index contributed by atoms with van der Waals surface area (Å²) in [6, 6.07) is 2.73. The topological polar surface area (TPSA) is 82.2 Å². The summed E-state index contributed by atoms with van der Waals surface area (Å²) in [6.07, 6.45) is 0. The monoisotopic (exact) mass is 238 g/mol. The van der Waals surface area contributed by atoms with E-state index >= 15 is 0 Å². The molecule has 2 unspecified atom stereocenters. The normalized spacial score (nSPS) is 14.1. The number of amides is 1. The number of H-pyrrole nitrogens is 1. The summed E-state index contributed by atoms with van der Waals surface area (Å²) in [5, 5.41) is 11.7. The van der Waals surface area contributed by atoms with Crippen LogP contribution in [-0.4, -0.2) is 28.6 Å². The van der Waals surface area contributed by atoms with Gasteiger partial charge in [0.2, 0.25) is 5.56 Å². The molecule has 1 aromatic rings. The fourth-order valence-electron chi connectivity index (χ4n) is 1.40. The molecule has 0 aliphatic heterocycles. The largest absolute Gasteiger partial charge is 0.396 e. The maximum absolute atomic E-state index is 11.8. The predicted molar refractivity (Wildman–Crippen MR) is 65.0 cm³/mol. The lowest BCUT2D eigenvalue weighted by Crippen LogP contribution is -2.38. The molecule has 2 atom stereocenters. The van der Waals surface area contributed by atoms with E-state index in [1.807, 2.05) is 13.8 Å². The standard InChI is InChI=1S/C12H18N2O3/c1-7(6-15)9(3)14-12(17)10-4-8(2)13-11(16)5-10/h4-5,7,9,15H,6H2,1-3H3,(H,13,16)(H,14,17). The van der Waals surface area contributed by atoms with E-state index in [-0.39, 0.29) is 30.0 Å². The third-order valence-electron chi connectivity index (χ3n) is 2.74. The second-order valence-corrected chi connectivity index (χ2v) is 4.34. The van der Waals surface area contributed by atoms with Gasteiger partial charge < -0.3 is 15.4 Å². The van der Waals surface area contributed by atoms with Gasteiger partial charge in [-0.3, -0.25) is 9.59 Å². The van der Waals surface area contributed by atoms with E-state index in [0.717, 1.165) is 0 Å². The van der Waals surface area contributed by atoms with Crippen molar-refractivity contribution in [2.75, 3.05) is 6.61 Å². The number of aromatic nitrogens is 1. The van der Waals surface area contributed by atoms with Crippen LogP contribution in [0.1, 0.15) is 29.9 Å². The van der Waals surface area contributed by atoms with Crippen molar-refractivity contribution < 1.29 is 9.90 Å². The Bertz CT molecular complexity index is 453. The van der Waals surface area contributed by atoms with Crippen molar-refractivity contribution in [3.8, 4) is 0 Å². The highest BCUT2D eigenvalue weighted by molar-refractivity contribution is 5.94. The number of hydrogen-bond acceptors (Lipinski definition) is 3. The number of nitrogens with one attached hydrogen (secondary N) is 2. The summed E-state index contributed by atoms with van der Waals surface area (Å²) in [4.78, 5) is 25.6. The van der Waals surface area contributed by atoms with Crippen LogP contribution in [0, 0.1) is 12.8 Å². The second-order valence-electron chi connectivity index (χ2n) is 4.34. The molecule has 0 radical (unpaired) electrons. The molecule has 17 heavy (non-hydrogen) atoms. The van der Waals surface area contributed by atoms with Crippen LogP contribution in [0.2, 0.25) is 0 Å². The van der Waals surface area contributed by atoms with Crippen molar-refractivity contribution >= 4 is 5.91 Å². The van der Waals surface area contributed by atoms with Crippen LogP contribution in [0.5, 0.6) is 0 Å². The van der Waals surface area contributed by atoms with E-state index in [1.54, 1.807) is 13.0 Å². The van der Waals surface area contributed by atoms with Gasteiger partial charge in [0.15, 0.2) is 0 Å². The Morgan fingerprint density at radius 1 is 1.47 bits per heavy atom. The zero-order valence-electron chi connectivity index (χ0n) is 10.3. The number of hydrogen-bond donors (Lipinski definition) is 3. The van der Waals surface area contributed by atoms with Crippen molar-refractivity contribution in [3.63, 3.8) is 0 Å². The molecule has 3 N–H and O–H groups in total. The van der Waals surface area contributed by atoms with Gasteiger partial charge in [-0.15, -0.1) is 0 Å². The van der Waals surface area contributed by atoms with Gasteiger partial charge in [-0.25, -0.2) is 0 Å². The summed E-state index contributed by atoms with van der Waals surface area (Å²) in [5.74, 6) is -0.325. The van der Waals surface area contributed by atoms with E-state index in [1.165, 1.54) is 6.07 Å². The average Bonchev–Trinajstić information content (AvgIpc) is 2.26. The van der Waals surface area contributed by atoms with E-state index in [4.69, 9.17) is 5.11 Å². The number of aryl methyl sites for hydroxylation is 1. The molecule has 0 saturated heterocycles. The Hall–Kier alpha value is -1.62. The zero-order chi connectivity index (χ0) is 13.0. The van der Waals surface area contributed by atoms with Crippen molar-refractivity contribution in [2.45, 2.75) is 26.8 Å². The van der Waals surface area contributed by atoms with Crippen LogP contribution in [0.25, 0.3) is 0 Å². The van der Waals surface area contributed by atoms with Crippen molar-refractivity contribution in [1.82, 2.24) is 10.3 Å². The Morgan fingerprint density at radius 2 is 2.12 bits per heavy atom. The van der Waals surface area contributed by atoms with Gasteiger partial charge in [-0.2, -0.15) is 0 Å². The first-order valence-corrected chi connectivity index (χ1v) is 5.56. The molecule has 5 heteroatoms. The fourth-order valence-corrected chi connectivity index (χ4v) is 1.40. The molecule has 0 bridgehead atoms. The van der Waals surface area contributed by atoms with Crippen LogP contribution in [0.4, 0.5) is 0 Å². The first-order valence-electron chi connectivity index (χ1n) is 5.56. The minimum absolute atomic E-state index is 0.00977. The number of carbonyl (C=O) groups excluding carboxylic acids is 1. The Balaban J connectivity index is 2.80. The van der Waals surface area contributed by atoms with Gasteiger partial charge in [0.25, 0.3) is 5.91 Å². The lowest BCUT2D eigenvalue weighted by molar-refractivity contribution is 0.0916. The maximum atomic E-state index is 11.8. The van der Waals surface area contributed by atoms with Gasteiger partial charge in [-0.05, 0) is 25.8 Å². The van der Waals surface area contributed by atoms with Crippen LogP contribution >= 0.6 is 0 Å². The molecular weight excluding hydrogens is 220 g/mol. The Kier molecular flexibility index (Phi) is 4.45. The quantitative estimate of drug-likeness (QED) is 0.711. The summed E-state index contributed by atoms with van der Waals surface area (Å²) >= 11 is 0. The van der Waals surface area contributed by atoms with Crippen molar-refractivity contribution in [1.29, 1.82) is 0 Å². The van der Waals surface area contributed by atoms with Gasteiger partial charge in [0, 0.05) is 30.0 Å². The molecule has 0 aliphatic rings. The summed E-state index contributed by atoms with van der Waals surface area (Å²) < 4.78 is 0. The highest BCUT2D eigenvalue weighted by atomic mass is 16.3. The van der Waals surface area contributed by atoms with Crippen LogP contribution in [-0.2, 0) is 0 Å².